The minimum Gasteiger partial charge on any atom is -0.338 e. The van der Waals surface area contributed by atoms with Crippen molar-refractivity contribution in [3.8, 4) is 0 Å². The Labute approximate surface area is 140 Å². The van der Waals surface area contributed by atoms with Crippen LogP contribution in [-0.4, -0.2) is 48.9 Å². The number of carbonyl (C=O) groups excluding carboxylic acids is 1. The van der Waals surface area contributed by atoms with Crippen LogP contribution in [0.3, 0.4) is 0 Å². The lowest BCUT2D eigenvalue weighted by Crippen LogP contribution is -2.31. The molecule has 0 saturated carbocycles. The molecule has 124 valence electrons. The first-order chi connectivity index (χ1) is 10.1. The van der Waals surface area contributed by atoms with Crippen LogP contribution in [0.25, 0.3) is 0 Å². The van der Waals surface area contributed by atoms with Gasteiger partial charge in [0, 0.05) is 31.7 Å². The minimum atomic E-state index is 0. The lowest BCUT2D eigenvalue weighted by molar-refractivity contribution is 0.0784. The Morgan fingerprint density at radius 2 is 2.05 bits per heavy atom. The maximum atomic E-state index is 12.5. The molecule has 0 radical (unpaired) electrons. The maximum absolute atomic E-state index is 12.5. The molecule has 1 aromatic carbocycles. The van der Waals surface area contributed by atoms with E-state index in [4.69, 9.17) is 5.73 Å². The van der Waals surface area contributed by atoms with Gasteiger partial charge < -0.3 is 15.5 Å². The molecule has 22 heavy (non-hydrogen) atoms. The molecule has 2 rings (SSSR count). The molecule has 1 aromatic rings. The zero-order chi connectivity index (χ0) is 15.2. The topological polar surface area (TPSA) is 49.6 Å². The van der Waals surface area contributed by atoms with Crippen LogP contribution in [0.2, 0.25) is 0 Å². The molecule has 1 unspecified atom stereocenters. The van der Waals surface area contributed by atoms with E-state index < -0.39 is 0 Å². The largest absolute Gasteiger partial charge is 0.338 e. The van der Waals surface area contributed by atoms with Crippen molar-refractivity contribution in [2.24, 2.45) is 11.7 Å². The second-order valence-corrected chi connectivity index (χ2v) is 6.07. The van der Waals surface area contributed by atoms with E-state index in [9.17, 15) is 4.79 Å². The molecule has 0 bridgehead atoms. The second-order valence-electron chi connectivity index (χ2n) is 6.07. The normalized spacial score (nSPS) is 17.6. The summed E-state index contributed by atoms with van der Waals surface area (Å²) in [5, 5.41) is 0. The van der Waals surface area contributed by atoms with Crippen molar-refractivity contribution in [1.29, 1.82) is 0 Å². The Hall–Kier alpha value is -1.10. The molecule has 1 aliphatic rings. The van der Waals surface area contributed by atoms with E-state index in [1.54, 1.807) is 0 Å². The standard InChI is InChI=1S/C17H27N3O.ClH/c1-3-9-19(2)12-15-8-10-20(13-15)17(21)16-6-4-14(11-18)5-7-16;/h4-7,15H,3,8-13,18H2,1-2H3;1H. The van der Waals surface area contributed by atoms with E-state index in [-0.39, 0.29) is 18.3 Å². The van der Waals surface area contributed by atoms with E-state index >= 15 is 0 Å². The summed E-state index contributed by atoms with van der Waals surface area (Å²) < 4.78 is 0. The van der Waals surface area contributed by atoms with Crippen molar-refractivity contribution in [2.75, 3.05) is 33.2 Å². The van der Waals surface area contributed by atoms with Crippen LogP contribution < -0.4 is 5.73 Å². The third-order valence-corrected chi connectivity index (χ3v) is 4.18. The van der Waals surface area contributed by atoms with E-state index in [0.717, 1.165) is 43.7 Å². The summed E-state index contributed by atoms with van der Waals surface area (Å²) in [6, 6.07) is 7.66. The Kier molecular flexibility index (Phi) is 7.87. The van der Waals surface area contributed by atoms with Crippen LogP contribution in [0.4, 0.5) is 0 Å². The van der Waals surface area contributed by atoms with Gasteiger partial charge in [-0.05, 0) is 50.0 Å². The summed E-state index contributed by atoms with van der Waals surface area (Å²) in [7, 11) is 2.17. The number of carbonyl (C=O) groups is 1. The fraction of sp³-hybridized carbons (Fsp3) is 0.588. The highest BCUT2D eigenvalue weighted by Crippen LogP contribution is 2.20. The van der Waals surface area contributed by atoms with Gasteiger partial charge in [-0.15, -0.1) is 12.4 Å². The molecule has 0 aliphatic carbocycles. The fourth-order valence-corrected chi connectivity index (χ4v) is 3.05. The number of rotatable bonds is 6. The van der Waals surface area contributed by atoms with Gasteiger partial charge in [-0.1, -0.05) is 19.1 Å². The SMILES string of the molecule is CCCN(C)CC1CCN(C(=O)c2ccc(CN)cc2)C1.Cl. The quantitative estimate of drug-likeness (QED) is 0.873. The van der Waals surface area contributed by atoms with E-state index in [0.29, 0.717) is 12.5 Å². The third kappa shape index (κ3) is 4.97. The number of nitrogens with two attached hydrogens (primary N) is 1. The van der Waals surface area contributed by atoms with Gasteiger partial charge in [-0.2, -0.15) is 0 Å². The molecular weight excluding hydrogens is 298 g/mol. The van der Waals surface area contributed by atoms with Crippen molar-refractivity contribution in [3.05, 3.63) is 35.4 Å². The van der Waals surface area contributed by atoms with Crippen LogP contribution in [0.5, 0.6) is 0 Å². The van der Waals surface area contributed by atoms with Gasteiger partial charge in [0.1, 0.15) is 0 Å². The molecule has 0 spiro atoms. The Balaban J connectivity index is 0.00000242. The van der Waals surface area contributed by atoms with Gasteiger partial charge in [-0.25, -0.2) is 0 Å². The summed E-state index contributed by atoms with van der Waals surface area (Å²) in [6.45, 7) is 6.69. The van der Waals surface area contributed by atoms with Crippen LogP contribution in [0.1, 0.15) is 35.7 Å². The van der Waals surface area contributed by atoms with Gasteiger partial charge in [0.25, 0.3) is 5.91 Å². The van der Waals surface area contributed by atoms with E-state index in [1.807, 2.05) is 29.2 Å². The molecule has 1 atom stereocenters. The number of benzene rings is 1. The molecule has 1 heterocycles. The van der Waals surface area contributed by atoms with Gasteiger partial charge in [0.05, 0.1) is 0 Å². The number of hydrogen-bond acceptors (Lipinski definition) is 3. The zero-order valence-corrected chi connectivity index (χ0v) is 14.4. The molecule has 5 heteroatoms. The maximum Gasteiger partial charge on any atom is 0.253 e. The summed E-state index contributed by atoms with van der Waals surface area (Å²) >= 11 is 0. The number of amides is 1. The van der Waals surface area contributed by atoms with Crippen molar-refractivity contribution in [3.63, 3.8) is 0 Å². The zero-order valence-electron chi connectivity index (χ0n) is 13.6. The first-order valence-corrected chi connectivity index (χ1v) is 7.90. The van der Waals surface area contributed by atoms with Crippen LogP contribution in [0, 0.1) is 5.92 Å². The third-order valence-electron chi connectivity index (χ3n) is 4.18. The predicted molar refractivity (Wildman–Crippen MR) is 93.4 cm³/mol. The molecule has 2 N–H and O–H groups in total. The van der Waals surface area contributed by atoms with Gasteiger partial charge >= 0.3 is 0 Å². The number of hydrogen-bond donors (Lipinski definition) is 1. The highest BCUT2D eigenvalue weighted by Gasteiger charge is 2.27. The van der Waals surface area contributed by atoms with Crippen molar-refractivity contribution < 1.29 is 4.79 Å². The molecule has 1 amide bonds. The lowest BCUT2D eigenvalue weighted by Gasteiger charge is -2.21. The molecular formula is C17H28ClN3O. The van der Waals surface area contributed by atoms with Crippen molar-refractivity contribution in [2.45, 2.75) is 26.3 Å². The van der Waals surface area contributed by atoms with Crippen molar-refractivity contribution >= 4 is 18.3 Å². The Bertz CT molecular complexity index is 463. The lowest BCUT2D eigenvalue weighted by atomic mass is 10.1. The van der Waals surface area contributed by atoms with E-state index in [2.05, 4.69) is 18.9 Å². The highest BCUT2D eigenvalue weighted by atomic mass is 35.5. The first-order valence-electron chi connectivity index (χ1n) is 7.90. The summed E-state index contributed by atoms with van der Waals surface area (Å²) in [6.07, 6.45) is 2.29. The van der Waals surface area contributed by atoms with Gasteiger partial charge in [0.2, 0.25) is 0 Å². The fourth-order valence-electron chi connectivity index (χ4n) is 3.05. The highest BCUT2D eigenvalue weighted by molar-refractivity contribution is 5.94. The van der Waals surface area contributed by atoms with Crippen molar-refractivity contribution in [1.82, 2.24) is 9.80 Å². The molecule has 1 aliphatic heterocycles. The number of nitrogens with zero attached hydrogens (tertiary/aromatic N) is 2. The Morgan fingerprint density at radius 3 is 2.64 bits per heavy atom. The summed E-state index contributed by atoms with van der Waals surface area (Å²) in [5.41, 5.74) is 7.42. The summed E-state index contributed by atoms with van der Waals surface area (Å²) in [4.78, 5) is 16.8. The first kappa shape index (κ1) is 18.9. The second kappa shape index (κ2) is 9.13. The van der Waals surface area contributed by atoms with E-state index in [1.165, 1.54) is 6.42 Å². The minimum absolute atomic E-state index is 0. The average molecular weight is 326 g/mol. The predicted octanol–water partition coefficient (Wildman–Crippen LogP) is 2.37. The average Bonchev–Trinajstić information content (AvgIpc) is 2.95. The molecule has 1 saturated heterocycles. The smallest absolute Gasteiger partial charge is 0.253 e. The number of halogens is 1. The summed E-state index contributed by atoms with van der Waals surface area (Å²) in [5.74, 6) is 0.757. The van der Waals surface area contributed by atoms with Crippen LogP contribution in [-0.2, 0) is 6.54 Å². The monoisotopic (exact) mass is 325 g/mol. The number of likely N-dealkylation sites (tertiary alicyclic amines) is 1. The molecule has 0 aromatic heterocycles. The van der Waals surface area contributed by atoms with Crippen LogP contribution >= 0.6 is 12.4 Å². The molecule has 4 nitrogen and oxygen atoms in total. The van der Waals surface area contributed by atoms with Gasteiger partial charge in [-0.3, -0.25) is 4.79 Å². The van der Waals surface area contributed by atoms with Crippen LogP contribution in [0.15, 0.2) is 24.3 Å². The molecule has 1 fully saturated rings. The Morgan fingerprint density at radius 1 is 1.36 bits per heavy atom. The van der Waals surface area contributed by atoms with Gasteiger partial charge in [0.15, 0.2) is 0 Å².